The molecule has 3 heterocycles. The average Bonchev–Trinajstić information content (AvgIpc) is 3.25. The van der Waals surface area contributed by atoms with Gasteiger partial charge in [0.05, 0.1) is 17.2 Å². The van der Waals surface area contributed by atoms with Crippen LogP contribution >= 0.6 is 0 Å². The summed E-state index contributed by atoms with van der Waals surface area (Å²) in [5.74, 6) is -0.137. The highest BCUT2D eigenvalue weighted by atomic mass is 32.2. The largest absolute Gasteiger partial charge is 0.340 e. The summed E-state index contributed by atoms with van der Waals surface area (Å²) in [6.07, 6.45) is 1.67. The second-order valence-corrected chi connectivity index (χ2v) is 9.38. The Bertz CT molecular complexity index is 1100. The van der Waals surface area contributed by atoms with Gasteiger partial charge in [0.1, 0.15) is 16.3 Å². The van der Waals surface area contributed by atoms with Gasteiger partial charge in [-0.15, -0.1) is 0 Å². The van der Waals surface area contributed by atoms with E-state index in [0.717, 1.165) is 0 Å². The standard InChI is InChI=1S/C18H27N7O5S/c1-5-22-12-16(13(2)19-22)31(29,30)23-10-8-21(9-11-23)17(26)6-7-24-15(4)18(25(27)28)14(3)20-24/h12H,5-11H2,1-4H3. The molecule has 0 N–H and O–H groups in total. The quantitative estimate of drug-likeness (QED) is 0.448. The number of carbonyl (C=O) groups excluding carboxylic acids is 1. The number of amides is 1. The first kappa shape index (κ1) is 22.9. The molecule has 1 fully saturated rings. The Morgan fingerprint density at radius 2 is 1.77 bits per heavy atom. The molecule has 0 bridgehead atoms. The van der Waals surface area contributed by atoms with Crippen LogP contribution in [0.4, 0.5) is 5.69 Å². The number of hydrogen-bond donors (Lipinski definition) is 0. The van der Waals surface area contributed by atoms with Gasteiger partial charge in [-0.25, -0.2) is 8.42 Å². The predicted molar refractivity (Wildman–Crippen MR) is 111 cm³/mol. The van der Waals surface area contributed by atoms with Crippen molar-refractivity contribution in [1.29, 1.82) is 0 Å². The number of piperazine rings is 1. The number of rotatable bonds is 7. The van der Waals surface area contributed by atoms with Crippen LogP contribution in [0.25, 0.3) is 0 Å². The van der Waals surface area contributed by atoms with Crippen LogP contribution in [0, 0.1) is 30.9 Å². The number of nitro groups is 1. The van der Waals surface area contributed by atoms with Crippen LogP contribution in [0.5, 0.6) is 0 Å². The second kappa shape index (κ2) is 8.75. The minimum atomic E-state index is -3.67. The van der Waals surface area contributed by atoms with Gasteiger partial charge in [0.15, 0.2) is 0 Å². The average molecular weight is 454 g/mol. The van der Waals surface area contributed by atoms with Crippen LogP contribution < -0.4 is 0 Å². The summed E-state index contributed by atoms with van der Waals surface area (Å²) in [5, 5.41) is 19.5. The van der Waals surface area contributed by atoms with Gasteiger partial charge >= 0.3 is 5.69 Å². The zero-order valence-electron chi connectivity index (χ0n) is 18.1. The fraction of sp³-hybridized carbons (Fsp3) is 0.611. The molecule has 1 amide bonds. The molecular weight excluding hydrogens is 426 g/mol. The lowest BCUT2D eigenvalue weighted by molar-refractivity contribution is -0.386. The third kappa shape index (κ3) is 4.46. The number of carbonyl (C=O) groups is 1. The first-order chi connectivity index (χ1) is 14.6. The van der Waals surface area contributed by atoms with Crippen LogP contribution in [0.15, 0.2) is 11.1 Å². The fourth-order valence-electron chi connectivity index (χ4n) is 3.76. The van der Waals surface area contributed by atoms with Crippen molar-refractivity contribution < 1.29 is 18.1 Å². The minimum absolute atomic E-state index is 0.0343. The van der Waals surface area contributed by atoms with Gasteiger partial charge in [-0.1, -0.05) is 0 Å². The number of sulfonamides is 1. The Hall–Kier alpha value is -2.80. The van der Waals surface area contributed by atoms with Crippen LogP contribution in [0.2, 0.25) is 0 Å². The van der Waals surface area contributed by atoms with Crippen molar-refractivity contribution in [2.24, 2.45) is 0 Å². The van der Waals surface area contributed by atoms with Crippen LogP contribution in [0.1, 0.15) is 30.4 Å². The molecule has 1 aliphatic heterocycles. The zero-order valence-corrected chi connectivity index (χ0v) is 18.9. The van der Waals surface area contributed by atoms with Gasteiger partial charge in [0, 0.05) is 45.3 Å². The summed E-state index contributed by atoms with van der Waals surface area (Å²) >= 11 is 0. The normalized spacial score (nSPS) is 15.4. The van der Waals surface area contributed by atoms with Crippen molar-refractivity contribution in [2.45, 2.75) is 52.1 Å². The minimum Gasteiger partial charge on any atom is -0.340 e. The van der Waals surface area contributed by atoms with E-state index in [1.165, 1.54) is 15.2 Å². The molecule has 2 aromatic heterocycles. The van der Waals surface area contributed by atoms with Crippen molar-refractivity contribution >= 4 is 21.6 Å². The lowest BCUT2D eigenvalue weighted by atomic mass is 10.3. The van der Waals surface area contributed by atoms with E-state index in [9.17, 15) is 23.3 Å². The number of aryl methyl sites for hydroxylation is 4. The van der Waals surface area contributed by atoms with Gasteiger partial charge in [0.2, 0.25) is 15.9 Å². The highest BCUT2D eigenvalue weighted by Crippen LogP contribution is 2.23. The molecule has 170 valence electrons. The number of hydrogen-bond acceptors (Lipinski definition) is 7. The molecule has 0 saturated carbocycles. The van der Waals surface area contributed by atoms with Crippen molar-refractivity contribution in [1.82, 2.24) is 28.8 Å². The molecule has 0 radical (unpaired) electrons. The van der Waals surface area contributed by atoms with E-state index in [1.807, 2.05) is 6.92 Å². The van der Waals surface area contributed by atoms with E-state index in [1.54, 1.807) is 30.4 Å². The lowest BCUT2D eigenvalue weighted by Gasteiger charge is -2.34. The fourth-order valence-corrected chi connectivity index (χ4v) is 5.35. The highest BCUT2D eigenvalue weighted by Gasteiger charge is 2.32. The third-order valence-corrected chi connectivity index (χ3v) is 7.50. The summed E-state index contributed by atoms with van der Waals surface area (Å²) in [5.41, 5.74) is 1.15. The SMILES string of the molecule is CCn1cc(S(=O)(=O)N2CCN(C(=O)CCn3nc(C)c([N+](=O)[O-])c3C)CC2)c(C)n1. The van der Waals surface area contributed by atoms with Crippen LogP contribution in [-0.4, -0.2) is 74.2 Å². The van der Waals surface area contributed by atoms with Gasteiger partial charge in [-0.3, -0.25) is 24.3 Å². The summed E-state index contributed by atoms with van der Waals surface area (Å²) in [6.45, 7) is 8.52. The Labute approximate surface area is 180 Å². The van der Waals surface area contributed by atoms with Crippen molar-refractivity contribution in [3.05, 3.63) is 33.4 Å². The molecule has 3 rings (SSSR count). The molecule has 1 saturated heterocycles. The second-order valence-electron chi connectivity index (χ2n) is 7.47. The molecule has 13 heteroatoms. The van der Waals surface area contributed by atoms with Crippen molar-refractivity contribution in [3.63, 3.8) is 0 Å². The highest BCUT2D eigenvalue weighted by molar-refractivity contribution is 7.89. The van der Waals surface area contributed by atoms with E-state index < -0.39 is 14.9 Å². The molecule has 0 aliphatic carbocycles. The summed E-state index contributed by atoms with van der Waals surface area (Å²) < 4.78 is 30.3. The molecule has 2 aromatic rings. The smallest absolute Gasteiger partial charge is 0.312 e. The van der Waals surface area contributed by atoms with Gasteiger partial charge in [-0.05, 0) is 27.7 Å². The van der Waals surface area contributed by atoms with E-state index in [4.69, 9.17) is 0 Å². The Morgan fingerprint density at radius 3 is 2.29 bits per heavy atom. The Morgan fingerprint density at radius 1 is 1.13 bits per heavy atom. The first-order valence-electron chi connectivity index (χ1n) is 10.1. The molecule has 0 aromatic carbocycles. The molecule has 12 nitrogen and oxygen atoms in total. The number of aromatic nitrogens is 4. The molecule has 31 heavy (non-hydrogen) atoms. The van der Waals surface area contributed by atoms with E-state index >= 15 is 0 Å². The monoisotopic (exact) mass is 453 g/mol. The maximum Gasteiger partial charge on any atom is 0.312 e. The van der Waals surface area contributed by atoms with Crippen molar-refractivity contribution in [3.8, 4) is 0 Å². The predicted octanol–water partition coefficient (Wildman–Crippen LogP) is 0.856. The Balaban J connectivity index is 1.59. The van der Waals surface area contributed by atoms with E-state index in [0.29, 0.717) is 23.6 Å². The first-order valence-corrected chi connectivity index (χ1v) is 11.5. The van der Waals surface area contributed by atoms with E-state index in [2.05, 4.69) is 10.2 Å². The van der Waals surface area contributed by atoms with Crippen molar-refractivity contribution in [2.75, 3.05) is 26.2 Å². The molecule has 1 aliphatic rings. The molecule has 0 spiro atoms. The van der Waals surface area contributed by atoms with Crippen LogP contribution in [0.3, 0.4) is 0 Å². The summed E-state index contributed by atoms with van der Waals surface area (Å²) in [6, 6.07) is 0. The zero-order chi connectivity index (χ0) is 22.9. The van der Waals surface area contributed by atoms with Gasteiger partial charge in [-0.2, -0.15) is 14.5 Å². The van der Waals surface area contributed by atoms with E-state index in [-0.39, 0.29) is 55.6 Å². The molecule has 0 atom stereocenters. The van der Waals surface area contributed by atoms with Crippen LogP contribution in [-0.2, 0) is 27.9 Å². The summed E-state index contributed by atoms with van der Waals surface area (Å²) in [7, 11) is -3.67. The van der Waals surface area contributed by atoms with Gasteiger partial charge < -0.3 is 4.90 Å². The molecule has 0 unspecified atom stereocenters. The van der Waals surface area contributed by atoms with Gasteiger partial charge in [0.25, 0.3) is 0 Å². The summed E-state index contributed by atoms with van der Waals surface area (Å²) in [4.78, 5) is 25.1. The molecular formula is C18H27N7O5S. The number of nitrogens with zero attached hydrogens (tertiary/aromatic N) is 7. The topological polar surface area (TPSA) is 136 Å². The maximum atomic E-state index is 13.0. The Kier molecular flexibility index (Phi) is 6.46. The third-order valence-electron chi connectivity index (χ3n) is 5.50. The lowest BCUT2D eigenvalue weighted by Crippen LogP contribution is -2.50. The maximum absolute atomic E-state index is 13.0.